The SMILES string of the molecule is O=C(O)c1cc(Br)c2c(c1)CCS2. The third kappa shape index (κ3) is 1.60. The van der Waals surface area contributed by atoms with Crippen molar-refractivity contribution in [1.29, 1.82) is 0 Å². The Hall–Kier alpha value is -0.480. The second kappa shape index (κ2) is 3.35. The Morgan fingerprint density at radius 2 is 2.31 bits per heavy atom. The van der Waals surface area contributed by atoms with Crippen LogP contribution in [0.25, 0.3) is 0 Å². The molecule has 1 aromatic rings. The van der Waals surface area contributed by atoms with Gasteiger partial charge in [-0.3, -0.25) is 0 Å². The minimum absolute atomic E-state index is 0.369. The number of benzene rings is 1. The van der Waals surface area contributed by atoms with Crippen LogP contribution in [0.3, 0.4) is 0 Å². The maximum absolute atomic E-state index is 10.7. The number of hydrogen-bond acceptors (Lipinski definition) is 2. The lowest BCUT2D eigenvalue weighted by atomic mass is 10.1. The summed E-state index contributed by atoms with van der Waals surface area (Å²) in [5.41, 5.74) is 1.52. The zero-order chi connectivity index (χ0) is 9.42. The fourth-order valence-electron chi connectivity index (χ4n) is 1.38. The van der Waals surface area contributed by atoms with E-state index >= 15 is 0 Å². The van der Waals surface area contributed by atoms with Crippen molar-refractivity contribution < 1.29 is 9.90 Å². The summed E-state index contributed by atoms with van der Waals surface area (Å²) in [4.78, 5) is 11.9. The van der Waals surface area contributed by atoms with Crippen molar-refractivity contribution >= 4 is 33.7 Å². The molecule has 4 heteroatoms. The first-order valence-electron chi connectivity index (χ1n) is 3.87. The summed E-state index contributed by atoms with van der Waals surface area (Å²) in [5, 5.41) is 8.81. The molecule has 0 saturated heterocycles. The largest absolute Gasteiger partial charge is 0.478 e. The summed E-state index contributed by atoms with van der Waals surface area (Å²) < 4.78 is 0.907. The van der Waals surface area contributed by atoms with Crippen LogP contribution >= 0.6 is 27.7 Å². The predicted molar refractivity (Wildman–Crippen MR) is 55.5 cm³/mol. The van der Waals surface area contributed by atoms with Crippen molar-refractivity contribution in [2.45, 2.75) is 11.3 Å². The zero-order valence-electron chi connectivity index (χ0n) is 6.71. The molecule has 0 bridgehead atoms. The van der Waals surface area contributed by atoms with Crippen LogP contribution in [0.5, 0.6) is 0 Å². The van der Waals surface area contributed by atoms with Crippen LogP contribution in [0.4, 0.5) is 0 Å². The second-order valence-corrected chi connectivity index (χ2v) is 4.81. The molecule has 0 spiro atoms. The van der Waals surface area contributed by atoms with E-state index in [1.54, 1.807) is 23.9 Å². The highest BCUT2D eigenvalue weighted by Gasteiger charge is 2.17. The number of rotatable bonds is 1. The first kappa shape index (κ1) is 9.09. The minimum atomic E-state index is -0.861. The molecule has 0 amide bonds. The van der Waals surface area contributed by atoms with Gasteiger partial charge in [0, 0.05) is 15.1 Å². The molecule has 0 fully saturated rings. The van der Waals surface area contributed by atoms with Gasteiger partial charge >= 0.3 is 5.97 Å². The van der Waals surface area contributed by atoms with E-state index in [0.29, 0.717) is 5.56 Å². The van der Waals surface area contributed by atoms with Crippen LogP contribution in [0.1, 0.15) is 15.9 Å². The number of aryl methyl sites for hydroxylation is 1. The van der Waals surface area contributed by atoms with Crippen molar-refractivity contribution in [1.82, 2.24) is 0 Å². The van der Waals surface area contributed by atoms with Gasteiger partial charge in [-0.2, -0.15) is 0 Å². The number of carbonyl (C=O) groups is 1. The zero-order valence-corrected chi connectivity index (χ0v) is 9.11. The second-order valence-electron chi connectivity index (χ2n) is 2.85. The molecule has 1 aliphatic heterocycles. The highest BCUT2D eigenvalue weighted by molar-refractivity contribution is 9.10. The van der Waals surface area contributed by atoms with Crippen molar-refractivity contribution in [2.75, 3.05) is 5.75 Å². The Kier molecular flexibility index (Phi) is 2.34. The molecule has 13 heavy (non-hydrogen) atoms. The summed E-state index contributed by atoms with van der Waals surface area (Å²) >= 11 is 5.16. The fraction of sp³-hybridized carbons (Fsp3) is 0.222. The van der Waals surface area contributed by atoms with Gasteiger partial charge < -0.3 is 5.11 Å². The van der Waals surface area contributed by atoms with Crippen LogP contribution < -0.4 is 0 Å². The molecular weight excluding hydrogens is 252 g/mol. The van der Waals surface area contributed by atoms with Crippen LogP contribution in [-0.2, 0) is 6.42 Å². The Morgan fingerprint density at radius 3 is 3.00 bits per heavy atom. The topological polar surface area (TPSA) is 37.3 Å². The molecule has 1 aromatic carbocycles. The van der Waals surface area contributed by atoms with Crippen LogP contribution in [0, 0.1) is 0 Å². The molecule has 0 unspecified atom stereocenters. The van der Waals surface area contributed by atoms with Crippen molar-refractivity contribution in [3.05, 3.63) is 27.7 Å². The first-order chi connectivity index (χ1) is 6.18. The third-order valence-corrected chi connectivity index (χ3v) is 4.05. The molecule has 0 saturated carbocycles. The summed E-state index contributed by atoms with van der Waals surface area (Å²) in [6.45, 7) is 0. The molecular formula is C9H7BrO2S. The normalized spacial score (nSPS) is 14.2. The average molecular weight is 259 g/mol. The maximum atomic E-state index is 10.7. The Bertz CT molecular complexity index is 376. The van der Waals surface area contributed by atoms with Gasteiger partial charge in [-0.05, 0) is 40.0 Å². The first-order valence-corrected chi connectivity index (χ1v) is 5.65. The maximum Gasteiger partial charge on any atom is 0.335 e. The van der Waals surface area contributed by atoms with Crippen LogP contribution in [0.2, 0.25) is 0 Å². The Morgan fingerprint density at radius 1 is 1.54 bits per heavy atom. The van der Waals surface area contributed by atoms with Crippen molar-refractivity contribution in [3.8, 4) is 0 Å². The molecule has 68 valence electrons. The molecule has 0 aliphatic carbocycles. The quantitative estimate of drug-likeness (QED) is 0.842. The van der Waals surface area contributed by atoms with E-state index < -0.39 is 5.97 Å². The van der Waals surface area contributed by atoms with Gasteiger partial charge in [0.05, 0.1) is 5.56 Å². The summed E-state index contributed by atoms with van der Waals surface area (Å²) in [6, 6.07) is 3.43. The van der Waals surface area contributed by atoms with Gasteiger partial charge in [-0.1, -0.05) is 0 Å². The van der Waals surface area contributed by atoms with E-state index in [1.165, 1.54) is 4.90 Å². The van der Waals surface area contributed by atoms with Gasteiger partial charge in [0.25, 0.3) is 0 Å². The lowest BCUT2D eigenvalue weighted by molar-refractivity contribution is 0.0696. The van der Waals surface area contributed by atoms with E-state index in [9.17, 15) is 4.79 Å². The number of carboxylic acid groups (broad SMARTS) is 1. The smallest absolute Gasteiger partial charge is 0.335 e. The molecule has 2 rings (SSSR count). The summed E-state index contributed by atoms with van der Waals surface area (Å²) in [5.74, 6) is 0.192. The number of hydrogen-bond donors (Lipinski definition) is 1. The summed E-state index contributed by atoms with van der Waals surface area (Å²) in [6.07, 6.45) is 0.972. The lowest BCUT2D eigenvalue weighted by Gasteiger charge is -2.02. The fourth-order valence-corrected chi connectivity index (χ4v) is 3.30. The van der Waals surface area contributed by atoms with Gasteiger partial charge in [0.2, 0.25) is 0 Å². The predicted octanol–water partition coefficient (Wildman–Crippen LogP) is 2.80. The number of fused-ring (bicyclic) bond motifs is 1. The number of aromatic carboxylic acids is 1. The lowest BCUT2D eigenvalue weighted by Crippen LogP contribution is -1.97. The highest BCUT2D eigenvalue weighted by atomic mass is 79.9. The third-order valence-electron chi connectivity index (χ3n) is 1.99. The van der Waals surface area contributed by atoms with Crippen LogP contribution in [-0.4, -0.2) is 16.8 Å². The highest BCUT2D eigenvalue weighted by Crippen LogP contribution is 2.38. The molecule has 1 aliphatic rings. The number of halogens is 1. The van der Waals surface area contributed by atoms with E-state index in [1.807, 2.05) is 0 Å². The van der Waals surface area contributed by atoms with Crippen molar-refractivity contribution in [3.63, 3.8) is 0 Å². The molecule has 0 aromatic heterocycles. The van der Waals surface area contributed by atoms with E-state index in [4.69, 9.17) is 5.11 Å². The Balaban J connectivity index is 2.55. The molecule has 1 heterocycles. The van der Waals surface area contributed by atoms with E-state index in [-0.39, 0.29) is 0 Å². The van der Waals surface area contributed by atoms with Gasteiger partial charge in [0.15, 0.2) is 0 Å². The Labute approximate surface area is 88.5 Å². The van der Waals surface area contributed by atoms with E-state index in [2.05, 4.69) is 15.9 Å². The van der Waals surface area contributed by atoms with Gasteiger partial charge in [-0.25, -0.2) is 4.79 Å². The standard InChI is InChI=1S/C9H7BrO2S/c10-7-4-6(9(11)12)3-5-1-2-13-8(5)7/h3-4H,1-2H2,(H,11,12). The molecule has 2 nitrogen and oxygen atoms in total. The summed E-state index contributed by atoms with van der Waals surface area (Å²) in [7, 11) is 0. The molecule has 0 radical (unpaired) electrons. The van der Waals surface area contributed by atoms with E-state index in [0.717, 1.165) is 22.2 Å². The monoisotopic (exact) mass is 258 g/mol. The van der Waals surface area contributed by atoms with Crippen molar-refractivity contribution in [2.24, 2.45) is 0 Å². The van der Waals surface area contributed by atoms with Gasteiger partial charge in [0.1, 0.15) is 0 Å². The van der Waals surface area contributed by atoms with Crippen LogP contribution in [0.15, 0.2) is 21.5 Å². The molecule has 0 atom stereocenters. The number of thioether (sulfide) groups is 1. The average Bonchev–Trinajstić information content (AvgIpc) is 2.51. The number of carboxylic acids is 1. The van der Waals surface area contributed by atoms with Gasteiger partial charge in [-0.15, -0.1) is 11.8 Å². The molecule has 1 N–H and O–H groups in total. The minimum Gasteiger partial charge on any atom is -0.478 e.